The molecule has 19 heavy (non-hydrogen) atoms. The number of nitrogens with zero attached hydrogens (tertiary/aromatic N) is 2. The summed E-state index contributed by atoms with van der Waals surface area (Å²) in [6.07, 6.45) is 4.60. The van der Waals surface area contributed by atoms with E-state index in [0.29, 0.717) is 19.1 Å². The quantitative estimate of drug-likeness (QED) is 0.824. The predicted molar refractivity (Wildman–Crippen MR) is 74.5 cm³/mol. The Hall–Kier alpha value is -1.86. The van der Waals surface area contributed by atoms with E-state index in [4.69, 9.17) is 5.26 Å². The van der Waals surface area contributed by atoms with Crippen LogP contribution in [0, 0.1) is 11.3 Å². The lowest BCUT2D eigenvalue weighted by atomic mass is 10.2. The minimum absolute atomic E-state index is 0.0478. The van der Waals surface area contributed by atoms with Gasteiger partial charge in [0, 0.05) is 11.7 Å². The van der Waals surface area contributed by atoms with Gasteiger partial charge >= 0.3 is 0 Å². The number of nitriles is 1. The number of nitrogens with one attached hydrogen (secondary N) is 1. The van der Waals surface area contributed by atoms with Gasteiger partial charge < -0.3 is 5.32 Å². The summed E-state index contributed by atoms with van der Waals surface area (Å²) in [5, 5.41) is 11.7. The molecule has 1 N–H and O–H groups in total. The van der Waals surface area contributed by atoms with E-state index in [9.17, 15) is 4.79 Å². The van der Waals surface area contributed by atoms with Crippen LogP contribution in [0.1, 0.15) is 25.7 Å². The third kappa shape index (κ3) is 4.08. The van der Waals surface area contributed by atoms with Gasteiger partial charge in [-0.3, -0.25) is 9.69 Å². The molecule has 1 amide bonds. The molecule has 1 aliphatic carbocycles. The minimum Gasteiger partial charge on any atom is -0.325 e. The average Bonchev–Trinajstić information content (AvgIpc) is 2.93. The highest BCUT2D eigenvalue weighted by Gasteiger charge is 2.24. The van der Waals surface area contributed by atoms with Crippen LogP contribution in [-0.2, 0) is 4.79 Å². The zero-order chi connectivity index (χ0) is 13.5. The molecule has 4 nitrogen and oxygen atoms in total. The lowest BCUT2D eigenvalue weighted by Gasteiger charge is -2.25. The first-order valence-corrected chi connectivity index (χ1v) is 6.75. The van der Waals surface area contributed by atoms with E-state index in [0.717, 1.165) is 18.5 Å². The van der Waals surface area contributed by atoms with Crippen LogP contribution >= 0.6 is 0 Å². The summed E-state index contributed by atoms with van der Waals surface area (Å²) in [5.41, 5.74) is 0.802. The van der Waals surface area contributed by atoms with E-state index >= 15 is 0 Å². The molecule has 1 aromatic carbocycles. The van der Waals surface area contributed by atoms with Crippen LogP contribution in [0.3, 0.4) is 0 Å². The number of para-hydroxylation sites is 1. The van der Waals surface area contributed by atoms with E-state index in [1.165, 1.54) is 12.8 Å². The second-order valence-electron chi connectivity index (χ2n) is 4.92. The molecule has 0 saturated heterocycles. The SMILES string of the molecule is N#CCN(CC(=O)Nc1ccccc1)C1CCCC1. The van der Waals surface area contributed by atoms with E-state index in [1.807, 2.05) is 35.2 Å². The topological polar surface area (TPSA) is 56.1 Å². The van der Waals surface area contributed by atoms with Gasteiger partial charge in [-0.15, -0.1) is 0 Å². The van der Waals surface area contributed by atoms with Crippen molar-refractivity contribution in [2.45, 2.75) is 31.7 Å². The standard InChI is InChI=1S/C15H19N3O/c16-10-11-18(14-8-4-5-9-14)12-15(19)17-13-6-2-1-3-7-13/h1-3,6-7,14H,4-5,8-9,11-12H2,(H,17,19). The largest absolute Gasteiger partial charge is 0.325 e. The van der Waals surface area contributed by atoms with Gasteiger partial charge in [-0.2, -0.15) is 5.26 Å². The smallest absolute Gasteiger partial charge is 0.238 e. The van der Waals surface area contributed by atoms with Crippen molar-refractivity contribution in [2.24, 2.45) is 0 Å². The Morgan fingerprint density at radius 3 is 2.63 bits per heavy atom. The van der Waals surface area contributed by atoms with Crippen molar-refractivity contribution in [1.82, 2.24) is 4.90 Å². The van der Waals surface area contributed by atoms with Gasteiger partial charge in [-0.05, 0) is 25.0 Å². The summed E-state index contributed by atoms with van der Waals surface area (Å²) in [4.78, 5) is 14.0. The first-order valence-electron chi connectivity index (χ1n) is 6.75. The molecule has 0 bridgehead atoms. The molecule has 0 aromatic heterocycles. The molecule has 1 saturated carbocycles. The molecule has 0 heterocycles. The van der Waals surface area contributed by atoms with Crippen LogP contribution in [0.5, 0.6) is 0 Å². The van der Waals surface area contributed by atoms with Crippen LogP contribution in [0.15, 0.2) is 30.3 Å². The number of carbonyl (C=O) groups is 1. The average molecular weight is 257 g/mol. The normalized spacial score (nSPS) is 15.4. The first-order chi connectivity index (χ1) is 9.29. The van der Waals surface area contributed by atoms with Gasteiger partial charge in [0.1, 0.15) is 0 Å². The van der Waals surface area contributed by atoms with Crippen molar-refractivity contribution < 1.29 is 4.79 Å². The summed E-state index contributed by atoms with van der Waals surface area (Å²) in [7, 11) is 0. The van der Waals surface area contributed by atoms with Gasteiger partial charge in [-0.1, -0.05) is 31.0 Å². The maximum absolute atomic E-state index is 12.0. The number of amides is 1. The Labute approximate surface area is 114 Å². The summed E-state index contributed by atoms with van der Waals surface area (Å²) in [6, 6.07) is 12.0. The van der Waals surface area contributed by atoms with Crippen molar-refractivity contribution >= 4 is 11.6 Å². The molecule has 0 aliphatic heterocycles. The molecule has 0 radical (unpaired) electrons. The highest BCUT2D eigenvalue weighted by atomic mass is 16.2. The summed E-state index contributed by atoms with van der Waals surface area (Å²) >= 11 is 0. The zero-order valence-corrected chi connectivity index (χ0v) is 11.0. The van der Waals surface area contributed by atoms with E-state index in [2.05, 4.69) is 11.4 Å². The Kier molecular flexibility index (Phi) is 4.93. The van der Waals surface area contributed by atoms with Crippen molar-refractivity contribution in [3.8, 4) is 6.07 Å². The monoisotopic (exact) mass is 257 g/mol. The zero-order valence-electron chi connectivity index (χ0n) is 11.0. The third-order valence-corrected chi connectivity index (χ3v) is 3.52. The molecular formula is C15H19N3O. The molecular weight excluding hydrogens is 238 g/mol. The molecule has 4 heteroatoms. The van der Waals surface area contributed by atoms with Gasteiger partial charge in [0.05, 0.1) is 19.2 Å². The van der Waals surface area contributed by atoms with E-state index in [-0.39, 0.29) is 5.91 Å². The second kappa shape index (κ2) is 6.91. The summed E-state index contributed by atoms with van der Waals surface area (Å²) in [6.45, 7) is 0.625. The molecule has 1 aromatic rings. The van der Waals surface area contributed by atoms with Crippen LogP contribution in [-0.4, -0.2) is 29.9 Å². The fraction of sp³-hybridized carbons (Fsp3) is 0.467. The number of rotatable bonds is 5. The molecule has 1 fully saturated rings. The maximum Gasteiger partial charge on any atom is 0.238 e. The molecule has 0 spiro atoms. The summed E-state index contributed by atoms with van der Waals surface area (Å²) in [5.74, 6) is -0.0478. The number of carbonyl (C=O) groups excluding carboxylic acids is 1. The molecule has 100 valence electrons. The van der Waals surface area contributed by atoms with E-state index < -0.39 is 0 Å². The third-order valence-electron chi connectivity index (χ3n) is 3.52. The van der Waals surface area contributed by atoms with Crippen LogP contribution in [0.25, 0.3) is 0 Å². The van der Waals surface area contributed by atoms with Gasteiger partial charge in [0.2, 0.25) is 5.91 Å². The predicted octanol–water partition coefficient (Wildman–Crippen LogP) is 2.39. The van der Waals surface area contributed by atoms with Gasteiger partial charge in [0.25, 0.3) is 0 Å². The Bertz CT molecular complexity index is 446. The van der Waals surface area contributed by atoms with Gasteiger partial charge in [-0.25, -0.2) is 0 Å². The van der Waals surface area contributed by atoms with E-state index in [1.54, 1.807) is 0 Å². The number of hydrogen-bond donors (Lipinski definition) is 1. The molecule has 0 unspecified atom stereocenters. The lowest BCUT2D eigenvalue weighted by Crippen LogP contribution is -2.39. The maximum atomic E-state index is 12.0. The van der Waals surface area contributed by atoms with Crippen molar-refractivity contribution in [3.05, 3.63) is 30.3 Å². The van der Waals surface area contributed by atoms with Crippen LogP contribution in [0.2, 0.25) is 0 Å². The highest BCUT2D eigenvalue weighted by molar-refractivity contribution is 5.92. The molecule has 2 rings (SSSR count). The van der Waals surface area contributed by atoms with Crippen LogP contribution < -0.4 is 5.32 Å². The Morgan fingerprint density at radius 1 is 1.32 bits per heavy atom. The summed E-state index contributed by atoms with van der Waals surface area (Å²) < 4.78 is 0. The first kappa shape index (κ1) is 13.6. The molecule has 1 aliphatic rings. The fourth-order valence-corrected chi connectivity index (χ4v) is 2.58. The highest BCUT2D eigenvalue weighted by Crippen LogP contribution is 2.23. The fourth-order valence-electron chi connectivity index (χ4n) is 2.58. The van der Waals surface area contributed by atoms with Crippen molar-refractivity contribution in [1.29, 1.82) is 5.26 Å². The number of anilines is 1. The Balaban J connectivity index is 1.89. The minimum atomic E-state index is -0.0478. The second-order valence-corrected chi connectivity index (χ2v) is 4.92. The van der Waals surface area contributed by atoms with Crippen molar-refractivity contribution in [3.63, 3.8) is 0 Å². The number of benzene rings is 1. The van der Waals surface area contributed by atoms with Gasteiger partial charge in [0.15, 0.2) is 0 Å². The van der Waals surface area contributed by atoms with Crippen molar-refractivity contribution in [2.75, 3.05) is 18.4 Å². The lowest BCUT2D eigenvalue weighted by molar-refractivity contribution is -0.117. The number of hydrogen-bond acceptors (Lipinski definition) is 3. The Morgan fingerprint density at radius 2 is 2.00 bits per heavy atom. The van der Waals surface area contributed by atoms with Crippen LogP contribution in [0.4, 0.5) is 5.69 Å². The molecule has 0 atom stereocenters.